The van der Waals surface area contributed by atoms with E-state index in [9.17, 15) is 9.59 Å². The van der Waals surface area contributed by atoms with Crippen LogP contribution >= 0.6 is 12.2 Å². The van der Waals surface area contributed by atoms with Gasteiger partial charge in [0.15, 0.2) is 5.11 Å². The lowest BCUT2D eigenvalue weighted by molar-refractivity contribution is -0.120. The SMILES string of the molecule is CNC(=O)CCc1ccc(NC(=S)NC(=O)c2ccccc2OC(C)C)cc1. The standard InChI is InChI=1S/C21H25N3O3S/c1-14(2)27-18-7-5-4-6-17(18)20(26)24-21(28)23-16-11-8-15(9-12-16)10-13-19(25)22-3/h4-9,11-12,14H,10,13H2,1-3H3,(H,22,25)(H2,23,24,26,28). The highest BCUT2D eigenvalue weighted by Gasteiger charge is 2.14. The van der Waals surface area contributed by atoms with Gasteiger partial charge in [0.2, 0.25) is 5.91 Å². The molecule has 0 aliphatic heterocycles. The zero-order valence-electron chi connectivity index (χ0n) is 16.2. The van der Waals surface area contributed by atoms with Gasteiger partial charge in [0, 0.05) is 19.2 Å². The van der Waals surface area contributed by atoms with Crippen molar-refractivity contribution in [3.8, 4) is 5.75 Å². The largest absolute Gasteiger partial charge is 0.490 e. The topological polar surface area (TPSA) is 79.5 Å². The predicted molar refractivity (Wildman–Crippen MR) is 115 cm³/mol. The van der Waals surface area contributed by atoms with Crippen LogP contribution in [0.3, 0.4) is 0 Å². The molecule has 0 unspecified atom stereocenters. The number of hydrogen-bond donors (Lipinski definition) is 3. The Bertz CT molecular complexity index is 835. The van der Waals surface area contributed by atoms with Crippen molar-refractivity contribution in [3.63, 3.8) is 0 Å². The molecule has 0 spiro atoms. The van der Waals surface area contributed by atoms with E-state index in [2.05, 4.69) is 16.0 Å². The number of benzene rings is 2. The maximum absolute atomic E-state index is 12.5. The zero-order valence-corrected chi connectivity index (χ0v) is 17.1. The molecule has 2 aromatic carbocycles. The Morgan fingerprint density at radius 2 is 1.75 bits per heavy atom. The van der Waals surface area contributed by atoms with E-state index in [-0.39, 0.29) is 23.0 Å². The minimum atomic E-state index is -0.337. The summed E-state index contributed by atoms with van der Waals surface area (Å²) in [5.41, 5.74) is 2.22. The van der Waals surface area contributed by atoms with E-state index in [0.717, 1.165) is 11.3 Å². The molecular weight excluding hydrogens is 374 g/mol. The molecule has 0 aliphatic carbocycles. The fourth-order valence-corrected chi connectivity index (χ4v) is 2.69. The lowest BCUT2D eigenvalue weighted by Crippen LogP contribution is -2.34. The van der Waals surface area contributed by atoms with Crippen molar-refractivity contribution in [2.24, 2.45) is 0 Å². The molecule has 0 heterocycles. The molecule has 0 aromatic heterocycles. The first-order valence-corrected chi connectivity index (χ1v) is 9.47. The average Bonchev–Trinajstić information content (AvgIpc) is 2.67. The zero-order chi connectivity index (χ0) is 20.5. The van der Waals surface area contributed by atoms with Crippen LogP contribution in [0.25, 0.3) is 0 Å². The number of hydrogen-bond acceptors (Lipinski definition) is 4. The molecule has 0 bridgehead atoms. The number of carbonyl (C=O) groups excluding carboxylic acids is 2. The van der Waals surface area contributed by atoms with Crippen LogP contribution < -0.4 is 20.7 Å². The Morgan fingerprint density at radius 3 is 2.39 bits per heavy atom. The molecule has 2 rings (SSSR count). The highest BCUT2D eigenvalue weighted by Crippen LogP contribution is 2.19. The fraction of sp³-hybridized carbons (Fsp3) is 0.286. The highest BCUT2D eigenvalue weighted by molar-refractivity contribution is 7.80. The molecule has 7 heteroatoms. The van der Waals surface area contributed by atoms with Crippen molar-refractivity contribution >= 4 is 34.8 Å². The van der Waals surface area contributed by atoms with Crippen LogP contribution in [0.2, 0.25) is 0 Å². The second-order valence-electron chi connectivity index (χ2n) is 6.44. The number of nitrogens with one attached hydrogen (secondary N) is 3. The Kier molecular flexibility index (Phi) is 7.95. The summed E-state index contributed by atoms with van der Waals surface area (Å²) in [6.45, 7) is 3.80. The van der Waals surface area contributed by atoms with Crippen LogP contribution in [-0.2, 0) is 11.2 Å². The first-order chi connectivity index (χ1) is 13.4. The van der Waals surface area contributed by atoms with E-state index in [0.29, 0.717) is 24.2 Å². The molecule has 0 saturated heterocycles. The summed E-state index contributed by atoms with van der Waals surface area (Å²) in [7, 11) is 1.62. The van der Waals surface area contributed by atoms with E-state index < -0.39 is 0 Å². The van der Waals surface area contributed by atoms with Crippen molar-refractivity contribution in [3.05, 3.63) is 59.7 Å². The minimum Gasteiger partial charge on any atom is -0.490 e. The normalized spacial score (nSPS) is 10.3. The Hall–Kier alpha value is -2.93. The molecule has 0 radical (unpaired) electrons. The van der Waals surface area contributed by atoms with Crippen LogP contribution in [-0.4, -0.2) is 30.1 Å². The number of ether oxygens (including phenoxy) is 1. The molecule has 0 atom stereocenters. The number of thiocarbonyl (C=S) groups is 1. The number of para-hydroxylation sites is 1. The molecule has 2 amide bonds. The van der Waals surface area contributed by atoms with Gasteiger partial charge in [0.05, 0.1) is 11.7 Å². The van der Waals surface area contributed by atoms with E-state index in [1.807, 2.05) is 44.2 Å². The third-order valence-electron chi connectivity index (χ3n) is 3.85. The molecule has 3 N–H and O–H groups in total. The predicted octanol–water partition coefficient (Wildman–Crippen LogP) is 3.28. The quantitative estimate of drug-likeness (QED) is 0.623. The van der Waals surface area contributed by atoms with Gasteiger partial charge in [-0.3, -0.25) is 14.9 Å². The van der Waals surface area contributed by atoms with Gasteiger partial charge in [-0.25, -0.2) is 0 Å². The fourth-order valence-electron chi connectivity index (χ4n) is 2.48. The number of aryl methyl sites for hydroxylation is 1. The van der Waals surface area contributed by atoms with Gasteiger partial charge in [-0.15, -0.1) is 0 Å². The lowest BCUT2D eigenvalue weighted by Gasteiger charge is -2.15. The van der Waals surface area contributed by atoms with E-state index in [1.165, 1.54) is 0 Å². The molecule has 6 nitrogen and oxygen atoms in total. The van der Waals surface area contributed by atoms with Gasteiger partial charge in [-0.2, -0.15) is 0 Å². The smallest absolute Gasteiger partial charge is 0.261 e. The Balaban J connectivity index is 1.93. The highest BCUT2D eigenvalue weighted by atomic mass is 32.1. The van der Waals surface area contributed by atoms with Gasteiger partial charge in [0.25, 0.3) is 5.91 Å². The van der Waals surface area contributed by atoms with Gasteiger partial charge in [-0.1, -0.05) is 24.3 Å². The van der Waals surface area contributed by atoms with Crippen LogP contribution in [0, 0.1) is 0 Å². The third-order valence-corrected chi connectivity index (χ3v) is 4.06. The summed E-state index contributed by atoms with van der Waals surface area (Å²) in [6, 6.07) is 14.6. The maximum atomic E-state index is 12.5. The second kappa shape index (κ2) is 10.4. The molecule has 0 fully saturated rings. The monoisotopic (exact) mass is 399 g/mol. The van der Waals surface area contributed by atoms with Gasteiger partial charge < -0.3 is 15.4 Å². The second-order valence-corrected chi connectivity index (χ2v) is 6.85. The Labute approximate surface area is 170 Å². The summed E-state index contributed by atoms with van der Waals surface area (Å²) in [5.74, 6) is 0.182. The maximum Gasteiger partial charge on any atom is 0.261 e. The molecule has 0 saturated carbocycles. The van der Waals surface area contributed by atoms with Crippen LogP contribution in [0.15, 0.2) is 48.5 Å². The minimum absolute atomic E-state index is 0.00724. The van der Waals surface area contributed by atoms with E-state index >= 15 is 0 Å². The number of anilines is 1. The van der Waals surface area contributed by atoms with Gasteiger partial charge in [0.1, 0.15) is 5.75 Å². The lowest BCUT2D eigenvalue weighted by atomic mass is 10.1. The summed E-state index contributed by atoms with van der Waals surface area (Å²) in [6.07, 6.45) is 1.06. The van der Waals surface area contributed by atoms with E-state index in [4.69, 9.17) is 17.0 Å². The first-order valence-electron chi connectivity index (χ1n) is 9.06. The molecule has 0 aliphatic rings. The van der Waals surface area contributed by atoms with Crippen molar-refractivity contribution in [2.45, 2.75) is 32.8 Å². The average molecular weight is 400 g/mol. The third kappa shape index (κ3) is 6.66. The van der Waals surface area contributed by atoms with Crippen molar-refractivity contribution < 1.29 is 14.3 Å². The summed E-state index contributed by atoms with van der Waals surface area (Å²) in [4.78, 5) is 23.8. The number of amides is 2. The van der Waals surface area contributed by atoms with Crippen molar-refractivity contribution in [1.82, 2.24) is 10.6 Å². The van der Waals surface area contributed by atoms with Crippen molar-refractivity contribution in [2.75, 3.05) is 12.4 Å². The molecule has 148 valence electrons. The summed E-state index contributed by atoms with van der Waals surface area (Å²) < 4.78 is 5.67. The van der Waals surface area contributed by atoms with Gasteiger partial charge >= 0.3 is 0 Å². The molecule has 28 heavy (non-hydrogen) atoms. The van der Waals surface area contributed by atoms with E-state index in [1.54, 1.807) is 25.2 Å². The Morgan fingerprint density at radius 1 is 1.07 bits per heavy atom. The van der Waals surface area contributed by atoms with Crippen molar-refractivity contribution in [1.29, 1.82) is 0 Å². The summed E-state index contributed by atoms with van der Waals surface area (Å²) in [5, 5.41) is 8.45. The van der Waals surface area contributed by atoms with Crippen LogP contribution in [0.5, 0.6) is 5.75 Å². The molecule has 2 aromatic rings. The van der Waals surface area contributed by atoms with Gasteiger partial charge in [-0.05, 0) is 62.3 Å². The number of carbonyl (C=O) groups is 2. The number of rotatable bonds is 7. The summed E-state index contributed by atoms with van der Waals surface area (Å²) >= 11 is 5.24. The molecular formula is C21H25N3O3S. The first kappa shape index (κ1) is 21.4. The van der Waals surface area contributed by atoms with Crippen LogP contribution in [0.4, 0.5) is 5.69 Å². The van der Waals surface area contributed by atoms with Crippen LogP contribution in [0.1, 0.15) is 36.2 Å².